The van der Waals surface area contributed by atoms with Crippen molar-refractivity contribution in [1.29, 1.82) is 0 Å². The molecule has 5 rings (SSSR count). The Hall–Kier alpha value is -2.86. The number of ether oxygens (including phenoxy) is 1. The van der Waals surface area contributed by atoms with Crippen LogP contribution in [0.15, 0.2) is 72.8 Å². The molecule has 0 amide bonds. The number of aliphatic hydroxyl groups excluding tert-OH is 2. The van der Waals surface area contributed by atoms with Gasteiger partial charge in [-0.3, -0.25) is 0 Å². The number of fused-ring (bicyclic) bond motifs is 1. The molecule has 0 bridgehead atoms. The number of phenolic OH excluding ortho intramolecular Hbond substituents is 1. The van der Waals surface area contributed by atoms with E-state index in [0.29, 0.717) is 24.3 Å². The predicted molar refractivity (Wildman–Crippen MR) is 124 cm³/mol. The first-order valence-electron chi connectivity index (χ1n) is 11.3. The molecule has 1 fully saturated rings. The molecule has 5 heteroatoms. The molecular weight excluding hydrogens is 402 g/mol. The zero-order chi connectivity index (χ0) is 22.1. The molecule has 2 aliphatic rings. The van der Waals surface area contributed by atoms with Gasteiger partial charge in [0.05, 0.1) is 12.2 Å². The Morgan fingerprint density at radius 1 is 0.938 bits per heavy atom. The van der Waals surface area contributed by atoms with Crippen molar-refractivity contribution < 1.29 is 20.1 Å². The normalized spacial score (nSPS) is 21.0. The predicted octanol–water partition coefficient (Wildman–Crippen LogP) is 4.44. The number of benzene rings is 3. The lowest BCUT2D eigenvalue weighted by Crippen LogP contribution is -2.51. The SMILES string of the molecule is Oc1ccc2c(c1)[C@@H](O)CC1(CCN(C[C@H](O)c3ccc(-c4ccccc4)cc3)CC1)O2. The first-order valence-corrected chi connectivity index (χ1v) is 11.3. The lowest BCUT2D eigenvalue weighted by Gasteiger charge is -2.46. The zero-order valence-corrected chi connectivity index (χ0v) is 18.0. The number of piperidine rings is 1. The van der Waals surface area contributed by atoms with Crippen LogP contribution in [-0.4, -0.2) is 45.5 Å². The number of rotatable bonds is 4. The summed E-state index contributed by atoms with van der Waals surface area (Å²) in [5, 5.41) is 31.1. The molecule has 2 heterocycles. The van der Waals surface area contributed by atoms with Crippen LogP contribution in [0.2, 0.25) is 0 Å². The molecule has 1 saturated heterocycles. The van der Waals surface area contributed by atoms with Crippen molar-refractivity contribution in [2.24, 2.45) is 0 Å². The van der Waals surface area contributed by atoms with E-state index in [-0.39, 0.29) is 11.4 Å². The monoisotopic (exact) mass is 431 g/mol. The summed E-state index contributed by atoms with van der Waals surface area (Å²) in [6, 6.07) is 23.3. The minimum Gasteiger partial charge on any atom is -0.508 e. The van der Waals surface area contributed by atoms with Crippen LogP contribution in [0.3, 0.4) is 0 Å². The number of aromatic hydroxyl groups is 1. The minimum atomic E-state index is -0.633. The van der Waals surface area contributed by atoms with Crippen molar-refractivity contribution in [3.05, 3.63) is 83.9 Å². The highest BCUT2D eigenvalue weighted by atomic mass is 16.5. The topological polar surface area (TPSA) is 73.2 Å². The molecule has 0 aromatic heterocycles. The number of hydrogen-bond donors (Lipinski definition) is 3. The van der Waals surface area contributed by atoms with Crippen LogP contribution in [0.5, 0.6) is 11.5 Å². The van der Waals surface area contributed by atoms with E-state index >= 15 is 0 Å². The Labute approximate surface area is 188 Å². The van der Waals surface area contributed by atoms with Crippen molar-refractivity contribution in [1.82, 2.24) is 4.90 Å². The highest BCUT2D eigenvalue weighted by molar-refractivity contribution is 5.63. The summed E-state index contributed by atoms with van der Waals surface area (Å²) in [6.45, 7) is 2.19. The van der Waals surface area contributed by atoms with Crippen LogP contribution in [0.25, 0.3) is 11.1 Å². The smallest absolute Gasteiger partial charge is 0.126 e. The van der Waals surface area contributed by atoms with E-state index in [9.17, 15) is 15.3 Å². The van der Waals surface area contributed by atoms with Crippen molar-refractivity contribution in [3.8, 4) is 22.6 Å². The lowest BCUT2D eigenvalue weighted by atomic mass is 9.81. The molecule has 0 radical (unpaired) electrons. The largest absolute Gasteiger partial charge is 0.508 e. The van der Waals surface area contributed by atoms with Crippen LogP contribution in [0, 0.1) is 0 Å². The summed E-state index contributed by atoms with van der Waals surface area (Å²) < 4.78 is 6.32. The second-order valence-electron chi connectivity index (χ2n) is 9.03. The molecule has 32 heavy (non-hydrogen) atoms. The van der Waals surface area contributed by atoms with Crippen LogP contribution in [0.4, 0.5) is 0 Å². The molecule has 2 aliphatic heterocycles. The van der Waals surface area contributed by atoms with Crippen molar-refractivity contribution in [2.75, 3.05) is 19.6 Å². The van der Waals surface area contributed by atoms with Gasteiger partial charge in [-0.05, 0) is 47.7 Å². The van der Waals surface area contributed by atoms with Gasteiger partial charge < -0.3 is 25.0 Å². The summed E-state index contributed by atoms with van der Waals surface area (Å²) in [5.41, 5.74) is 3.50. The van der Waals surface area contributed by atoms with Crippen molar-refractivity contribution in [2.45, 2.75) is 37.1 Å². The zero-order valence-electron chi connectivity index (χ0n) is 18.0. The molecule has 166 valence electrons. The molecule has 3 aromatic rings. The van der Waals surface area contributed by atoms with Crippen LogP contribution >= 0.6 is 0 Å². The van der Waals surface area contributed by atoms with Gasteiger partial charge in [0, 0.05) is 31.6 Å². The van der Waals surface area contributed by atoms with Gasteiger partial charge in [0.15, 0.2) is 0 Å². The number of β-amino-alcohol motifs (C(OH)–C–C–N with tert-alkyl or cyclic N) is 1. The minimum absolute atomic E-state index is 0.142. The third kappa shape index (κ3) is 4.24. The van der Waals surface area contributed by atoms with E-state index in [0.717, 1.165) is 37.1 Å². The molecule has 5 nitrogen and oxygen atoms in total. The Morgan fingerprint density at radius 2 is 1.62 bits per heavy atom. The summed E-state index contributed by atoms with van der Waals surface area (Å²) in [6.07, 6.45) is 0.941. The quantitative estimate of drug-likeness (QED) is 0.570. The lowest BCUT2D eigenvalue weighted by molar-refractivity contribution is -0.0588. The summed E-state index contributed by atoms with van der Waals surface area (Å²) in [5.74, 6) is 0.802. The van der Waals surface area contributed by atoms with Gasteiger partial charge in [0.1, 0.15) is 17.1 Å². The van der Waals surface area contributed by atoms with Crippen LogP contribution < -0.4 is 4.74 Å². The summed E-state index contributed by atoms with van der Waals surface area (Å²) in [7, 11) is 0. The third-order valence-corrected chi connectivity index (χ3v) is 6.85. The van der Waals surface area contributed by atoms with Gasteiger partial charge in [-0.15, -0.1) is 0 Å². The summed E-state index contributed by atoms with van der Waals surface area (Å²) >= 11 is 0. The molecule has 3 aromatic carbocycles. The van der Waals surface area contributed by atoms with Gasteiger partial charge in [0.25, 0.3) is 0 Å². The molecule has 0 saturated carbocycles. The van der Waals surface area contributed by atoms with Crippen LogP contribution in [0.1, 0.15) is 42.6 Å². The molecule has 0 aliphatic carbocycles. The highest BCUT2D eigenvalue weighted by Crippen LogP contribution is 2.45. The molecular formula is C27H29NO4. The number of hydrogen-bond acceptors (Lipinski definition) is 5. The first-order chi connectivity index (χ1) is 15.5. The molecule has 3 N–H and O–H groups in total. The maximum absolute atomic E-state index is 10.8. The average molecular weight is 432 g/mol. The Bertz CT molecular complexity index is 1060. The first kappa shape index (κ1) is 21.0. The van der Waals surface area contributed by atoms with Crippen LogP contribution in [-0.2, 0) is 0 Å². The number of likely N-dealkylation sites (tertiary alicyclic amines) is 1. The Kier molecular flexibility index (Phi) is 5.64. The Balaban J connectivity index is 1.19. The van der Waals surface area contributed by atoms with Gasteiger partial charge in [-0.25, -0.2) is 0 Å². The van der Waals surface area contributed by atoms with Gasteiger partial charge in [0.2, 0.25) is 0 Å². The average Bonchev–Trinajstić information content (AvgIpc) is 2.82. The second-order valence-corrected chi connectivity index (χ2v) is 9.03. The maximum Gasteiger partial charge on any atom is 0.126 e. The summed E-state index contributed by atoms with van der Waals surface area (Å²) in [4.78, 5) is 2.27. The Morgan fingerprint density at radius 3 is 2.34 bits per heavy atom. The van der Waals surface area contributed by atoms with E-state index in [1.807, 2.05) is 30.3 Å². The van der Waals surface area contributed by atoms with Gasteiger partial charge in [-0.2, -0.15) is 0 Å². The standard InChI is InChI=1S/C27H29NO4/c29-22-10-11-26-23(16-22)24(30)17-27(32-26)12-14-28(15-13-27)18-25(31)21-8-6-20(7-9-21)19-4-2-1-3-5-19/h1-11,16,24-25,29-31H,12-15,17-18H2/t24-,25-/m0/s1. The number of aliphatic hydroxyl groups is 2. The fraction of sp³-hybridized carbons (Fsp3) is 0.333. The van der Waals surface area contributed by atoms with E-state index in [1.165, 1.54) is 5.56 Å². The van der Waals surface area contributed by atoms with E-state index < -0.39 is 12.2 Å². The molecule has 2 atom stereocenters. The third-order valence-electron chi connectivity index (χ3n) is 6.85. The second kappa shape index (κ2) is 8.58. The van der Waals surface area contributed by atoms with Crippen molar-refractivity contribution >= 4 is 0 Å². The van der Waals surface area contributed by atoms with Gasteiger partial charge in [-0.1, -0.05) is 54.6 Å². The fourth-order valence-electron chi connectivity index (χ4n) is 4.95. The highest BCUT2D eigenvalue weighted by Gasteiger charge is 2.43. The van der Waals surface area contributed by atoms with E-state index in [1.54, 1.807) is 18.2 Å². The fourth-order valence-corrected chi connectivity index (χ4v) is 4.95. The van der Waals surface area contributed by atoms with E-state index in [4.69, 9.17) is 4.74 Å². The number of nitrogens with zero attached hydrogens (tertiary/aromatic N) is 1. The molecule has 1 spiro atoms. The maximum atomic E-state index is 10.8. The number of phenols is 1. The van der Waals surface area contributed by atoms with Gasteiger partial charge >= 0.3 is 0 Å². The van der Waals surface area contributed by atoms with Crippen molar-refractivity contribution in [3.63, 3.8) is 0 Å². The van der Waals surface area contributed by atoms with E-state index in [2.05, 4.69) is 29.2 Å². The molecule has 0 unspecified atom stereocenters.